The molecule has 0 unspecified atom stereocenters. The van der Waals surface area contributed by atoms with Crippen molar-refractivity contribution in [3.8, 4) is 0 Å². The molecule has 0 nitrogen and oxygen atoms in total. The first-order chi connectivity index (χ1) is 5.74. The van der Waals surface area contributed by atoms with E-state index < -0.39 is 8.07 Å². The minimum Gasteiger partial charge on any atom is -0.0981 e. The van der Waals surface area contributed by atoms with Crippen molar-refractivity contribution in [3.63, 3.8) is 0 Å². The van der Waals surface area contributed by atoms with Crippen molar-refractivity contribution in [1.82, 2.24) is 0 Å². The molecule has 72 valence electrons. The fourth-order valence-electron chi connectivity index (χ4n) is 1.60. The lowest BCUT2D eigenvalue weighted by molar-refractivity contribution is 0.958. The maximum Gasteiger partial charge on any atom is 0.0766 e. The maximum atomic E-state index is 2.58. The zero-order valence-electron chi connectivity index (χ0n) is 9.19. The average Bonchev–Trinajstić information content (AvgIpc) is 2.14. The monoisotopic (exact) mass is 184 g/mol. The van der Waals surface area contributed by atoms with Crippen LogP contribution in [0.2, 0.25) is 18.1 Å². The van der Waals surface area contributed by atoms with Crippen LogP contribution in [0.1, 0.15) is 40.5 Å². The van der Waals surface area contributed by atoms with E-state index in [0.717, 1.165) is 0 Å². The van der Waals surface area contributed by atoms with Crippen molar-refractivity contribution < 1.29 is 0 Å². The summed E-state index contributed by atoms with van der Waals surface area (Å²) in [5.74, 6) is 0. The SMILES string of the molecule is CCC/C=C/[Si](CC)(CC)CC. The highest BCUT2D eigenvalue weighted by Gasteiger charge is 2.22. The molecule has 0 aromatic heterocycles. The second-order valence-electron chi connectivity index (χ2n) is 3.61. The van der Waals surface area contributed by atoms with Crippen LogP contribution in [0.5, 0.6) is 0 Å². The molecule has 0 saturated carbocycles. The summed E-state index contributed by atoms with van der Waals surface area (Å²) in [5.41, 5.74) is 2.58. The molecule has 0 heterocycles. The molecule has 0 fully saturated rings. The van der Waals surface area contributed by atoms with Crippen LogP contribution >= 0.6 is 0 Å². The second-order valence-corrected chi connectivity index (χ2v) is 8.79. The Morgan fingerprint density at radius 1 is 0.917 bits per heavy atom. The number of hydrogen-bond donors (Lipinski definition) is 0. The van der Waals surface area contributed by atoms with Crippen molar-refractivity contribution in [1.29, 1.82) is 0 Å². The van der Waals surface area contributed by atoms with E-state index >= 15 is 0 Å². The van der Waals surface area contributed by atoms with Gasteiger partial charge in [0.05, 0.1) is 8.07 Å². The van der Waals surface area contributed by atoms with E-state index in [2.05, 4.69) is 39.5 Å². The zero-order valence-corrected chi connectivity index (χ0v) is 10.2. The smallest absolute Gasteiger partial charge is 0.0766 e. The number of rotatable bonds is 6. The van der Waals surface area contributed by atoms with Crippen LogP contribution in [0.4, 0.5) is 0 Å². The van der Waals surface area contributed by atoms with E-state index in [1.807, 2.05) is 0 Å². The lowest BCUT2D eigenvalue weighted by atomic mass is 10.3. The van der Waals surface area contributed by atoms with Crippen molar-refractivity contribution in [2.75, 3.05) is 0 Å². The standard InChI is InChI=1S/C11H24Si/c1-5-9-10-11-12(6-2,7-3)8-4/h10-11H,5-9H2,1-4H3/b11-10+. The van der Waals surface area contributed by atoms with Crippen molar-refractivity contribution in [2.24, 2.45) is 0 Å². The van der Waals surface area contributed by atoms with Gasteiger partial charge in [0.25, 0.3) is 0 Å². The predicted octanol–water partition coefficient (Wildman–Crippen LogP) is 4.39. The lowest BCUT2D eigenvalue weighted by Gasteiger charge is -2.23. The zero-order chi connectivity index (χ0) is 9.45. The Balaban J connectivity index is 4.09. The van der Waals surface area contributed by atoms with E-state index in [4.69, 9.17) is 0 Å². The molecule has 0 rings (SSSR count). The topological polar surface area (TPSA) is 0 Å². The van der Waals surface area contributed by atoms with Crippen LogP contribution in [0.25, 0.3) is 0 Å². The molecule has 1 heteroatoms. The Morgan fingerprint density at radius 3 is 1.75 bits per heavy atom. The highest BCUT2D eigenvalue weighted by molar-refractivity contribution is 6.84. The Labute approximate surface area is 79.1 Å². The Morgan fingerprint density at radius 2 is 1.42 bits per heavy atom. The summed E-state index contributed by atoms with van der Waals surface area (Å²) in [6, 6.07) is 4.25. The molecule has 0 atom stereocenters. The summed E-state index contributed by atoms with van der Waals surface area (Å²) in [6.45, 7) is 9.32. The Bertz CT molecular complexity index is 115. The summed E-state index contributed by atoms with van der Waals surface area (Å²) >= 11 is 0. The highest BCUT2D eigenvalue weighted by Crippen LogP contribution is 2.21. The van der Waals surface area contributed by atoms with E-state index in [1.54, 1.807) is 0 Å². The molecule has 0 bridgehead atoms. The molecular weight excluding hydrogens is 160 g/mol. The van der Waals surface area contributed by atoms with Crippen LogP contribution in [-0.2, 0) is 0 Å². The molecule has 0 spiro atoms. The van der Waals surface area contributed by atoms with Gasteiger partial charge in [-0.05, 0) is 6.42 Å². The van der Waals surface area contributed by atoms with Crippen molar-refractivity contribution in [2.45, 2.75) is 58.7 Å². The van der Waals surface area contributed by atoms with Gasteiger partial charge in [-0.25, -0.2) is 0 Å². The molecule has 0 aliphatic carbocycles. The number of allylic oxidation sites excluding steroid dienone is 1. The fraction of sp³-hybridized carbons (Fsp3) is 0.818. The third-order valence-corrected chi connectivity index (χ3v) is 8.21. The van der Waals surface area contributed by atoms with Crippen LogP contribution in [0.15, 0.2) is 11.8 Å². The number of hydrogen-bond acceptors (Lipinski definition) is 0. The first-order valence-electron chi connectivity index (χ1n) is 5.42. The van der Waals surface area contributed by atoms with Crippen LogP contribution in [0.3, 0.4) is 0 Å². The molecular formula is C11H24Si. The minimum absolute atomic E-state index is 0.935. The van der Waals surface area contributed by atoms with Gasteiger partial charge in [-0.1, -0.05) is 64.0 Å². The molecule has 0 aromatic carbocycles. The molecule has 0 saturated heterocycles. The highest BCUT2D eigenvalue weighted by atomic mass is 28.3. The van der Waals surface area contributed by atoms with E-state index in [9.17, 15) is 0 Å². The lowest BCUT2D eigenvalue weighted by Crippen LogP contribution is -2.28. The summed E-state index contributed by atoms with van der Waals surface area (Å²) in [5, 5.41) is 0. The molecule has 0 N–H and O–H groups in total. The van der Waals surface area contributed by atoms with Gasteiger partial charge in [0.15, 0.2) is 0 Å². The summed E-state index contributed by atoms with van der Waals surface area (Å²) in [7, 11) is -0.935. The molecule has 0 aromatic rings. The van der Waals surface area contributed by atoms with Gasteiger partial charge in [0.1, 0.15) is 0 Å². The van der Waals surface area contributed by atoms with Crippen molar-refractivity contribution >= 4 is 8.07 Å². The largest absolute Gasteiger partial charge is 0.0981 e. The maximum absolute atomic E-state index is 2.58. The summed E-state index contributed by atoms with van der Waals surface area (Å²) < 4.78 is 0. The molecule has 0 amide bonds. The first-order valence-corrected chi connectivity index (χ1v) is 8.12. The third kappa shape index (κ3) is 3.57. The third-order valence-electron chi connectivity index (χ3n) is 3.04. The van der Waals surface area contributed by atoms with Gasteiger partial charge in [-0.3, -0.25) is 0 Å². The van der Waals surface area contributed by atoms with Gasteiger partial charge in [-0.2, -0.15) is 0 Å². The Hall–Kier alpha value is -0.0431. The van der Waals surface area contributed by atoms with Gasteiger partial charge in [0, 0.05) is 0 Å². The predicted molar refractivity (Wildman–Crippen MR) is 61.2 cm³/mol. The molecule has 0 aliphatic heterocycles. The van der Waals surface area contributed by atoms with Gasteiger partial charge in [-0.15, -0.1) is 0 Å². The fourth-order valence-corrected chi connectivity index (χ4v) is 4.48. The normalized spacial score (nSPS) is 12.7. The summed E-state index contributed by atoms with van der Waals surface area (Å²) in [4.78, 5) is 0. The van der Waals surface area contributed by atoms with Gasteiger partial charge < -0.3 is 0 Å². The van der Waals surface area contributed by atoms with Crippen molar-refractivity contribution in [3.05, 3.63) is 11.8 Å². The van der Waals surface area contributed by atoms with E-state index in [0.29, 0.717) is 0 Å². The molecule has 0 radical (unpaired) electrons. The van der Waals surface area contributed by atoms with Crippen LogP contribution in [-0.4, -0.2) is 8.07 Å². The first kappa shape index (κ1) is 12.0. The Kier molecular flexibility index (Phi) is 6.45. The minimum atomic E-state index is -0.935. The second kappa shape index (κ2) is 6.47. The summed E-state index contributed by atoms with van der Waals surface area (Å²) in [6.07, 6.45) is 4.98. The number of unbranched alkanes of at least 4 members (excludes halogenated alkanes) is 1. The van der Waals surface area contributed by atoms with Gasteiger partial charge >= 0.3 is 0 Å². The van der Waals surface area contributed by atoms with Gasteiger partial charge in [0.2, 0.25) is 0 Å². The van der Waals surface area contributed by atoms with E-state index in [-0.39, 0.29) is 0 Å². The van der Waals surface area contributed by atoms with Crippen LogP contribution < -0.4 is 0 Å². The quantitative estimate of drug-likeness (QED) is 0.537. The molecule has 0 aliphatic rings. The van der Waals surface area contributed by atoms with E-state index in [1.165, 1.54) is 31.0 Å². The van der Waals surface area contributed by atoms with Crippen LogP contribution in [0, 0.1) is 0 Å². The average molecular weight is 184 g/mol. The molecule has 12 heavy (non-hydrogen) atoms.